The maximum Gasteiger partial charge on any atom is 0.0192 e. The smallest absolute Gasteiger partial charge is 0.0192 e. The molecule has 0 aromatic rings. The Balaban J connectivity index is 1.58. The molecule has 0 saturated carbocycles. The van der Waals surface area contributed by atoms with Crippen molar-refractivity contribution in [3.8, 4) is 0 Å². The van der Waals surface area contributed by atoms with E-state index in [0.717, 1.165) is 12.0 Å². The highest BCUT2D eigenvalue weighted by atomic mass is 15.2. The molecule has 100 valence electrons. The van der Waals surface area contributed by atoms with Crippen LogP contribution in [0.15, 0.2) is 0 Å². The Morgan fingerprint density at radius 1 is 1.18 bits per heavy atom. The summed E-state index contributed by atoms with van der Waals surface area (Å²) in [6.45, 7) is 9.95. The first kappa shape index (κ1) is 13.3. The lowest BCUT2D eigenvalue weighted by Crippen LogP contribution is -2.42. The minimum atomic E-state index is 0.721. The van der Waals surface area contributed by atoms with Crippen LogP contribution in [0.2, 0.25) is 0 Å². The Kier molecular flexibility index (Phi) is 5.26. The summed E-state index contributed by atoms with van der Waals surface area (Å²) >= 11 is 0. The van der Waals surface area contributed by atoms with Crippen LogP contribution in [0.5, 0.6) is 0 Å². The molecule has 0 amide bonds. The summed E-state index contributed by atoms with van der Waals surface area (Å²) in [6, 6.07) is 0.721. The lowest BCUT2D eigenvalue weighted by molar-refractivity contribution is 0.198. The summed E-state index contributed by atoms with van der Waals surface area (Å²) in [4.78, 5) is 5.10. The first-order valence-corrected chi connectivity index (χ1v) is 7.39. The summed E-state index contributed by atoms with van der Waals surface area (Å²) < 4.78 is 0. The predicted molar refractivity (Wildman–Crippen MR) is 73.4 cm³/mol. The summed E-state index contributed by atoms with van der Waals surface area (Å²) in [5.41, 5.74) is 0. The zero-order valence-corrected chi connectivity index (χ0v) is 11.6. The summed E-state index contributed by atoms with van der Waals surface area (Å²) in [7, 11) is 2.25. The van der Waals surface area contributed by atoms with Gasteiger partial charge in [-0.25, -0.2) is 0 Å². The van der Waals surface area contributed by atoms with Crippen molar-refractivity contribution < 1.29 is 0 Å². The van der Waals surface area contributed by atoms with Crippen molar-refractivity contribution in [3.05, 3.63) is 0 Å². The maximum atomic E-state index is 3.68. The Bertz CT molecular complexity index is 212. The van der Waals surface area contributed by atoms with E-state index in [2.05, 4.69) is 29.1 Å². The van der Waals surface area contributed by atoms with Crippen LogP contribution < -0.4 is 5.32 Å². The number of rotatable bonds is 5. The molecule has 2 heterocycles. The summed E-state index contributed by atoms with van der Waals surface area (Å²) in [6.07, 6.45) is 5.59. The van der Waals surface area contributed by atoms with Gasteiger partial charge in [0.1, 0.15) is 0 Å². The highest BCUT2D eigenvalue weighted by Gasteiger charge is 2.19. The van der Waals surface area contributed by atoms with Gasteiger partial charge in [-0.15, -0.1) is 0 Å². The van der Waals surface area contributed by atoms with Crippen molar-refractivity contribution >= 4 is 0 Å². The zero-order valence-electron chi connectivity index (χ0n) is 11.6. The number of nitrogens with one attached hydrogen (secondary N) is 1. The molecular formula is C14H29N3. The second kappa shape index (κ2) is 6.72. The SMILES string of the molecule is CC(CNCC1CCCN(C)C1)N1CCCC1. The maximum absolute atomic E-state index is 3.68. The quantitative estimate of drug-likeness (QED) is 0.782. The van der Waals surface area contributed by atoms with E-state index < -0.39 is 0 Å². The molecule has 3 heteroatoms. The summed E-state index contributed by atoms with van der Waals surface area (Å²) in [5.74, 6) is 0.875. The minimum absolute atomic E-state index is 0.721. The van der Waals surface area contributed by atoms with E-state index in [1.54, 1.807) is 0 Å². The Labute approximate surface area is 107 Å². The molecule has 2 unspecified atom stereocenters. The van der Waals surface area contributed by atoms with Crippen molar-refractivity contribution in [2.24, 2.45) is 5.92 Å². The van der Waals surface area contributed by atoms with Crippen molar-refractivity contribution in [3.63, 3.8) is 0 Å². The first-order chi connectivity index (χ1) is 8.25. The van der Waals surface area contributed by atoms with Gasteiger partial charge in [0, 0.05) is 19.1 Å². The van der Waals surface area contributed by atoms with Gasteiger partial charge in [0.2, 0.25) is 0 Å². The molecule has 0 aromatic carbocycles. The number of hydrogen-bond donors (Lipinski definition) is 1. The van der Waals surface area contributed by atoms with Crippen LogP contribution in [0.3, 0.4) is 0 Å². The predicted octanol–water partition coefficient (Wildman–Crippen LogP) is 1.40. The molecule has 2 atom stereocenters. The van der Waals surface area contributed by atoms with Gasteiger partial charge in [-0.3, -0.25) is 4.90 Å². The van der Waals surface area contributed by atoms with Crippen LogP contribution in [-0.4, -0.2) is 62.2 Å². The van der Waals surface area contributed by atoms with Crippen LogP contribution in [0.25, 0.3) is 0 Å². The average Bonchev–Trinajstić information content (AvgIpc) is 2.82. The van der Waals surface area contributed by atoms with Crippen LogP contribution in [0.1, 0.15) is 32.6 Å². The Morgan fingerprint density at radius 3 is 2.65 bits per heavy atom. The molecule has 17 heavy (non-hydrogen) atoms. The van der Waals surface area contributed by atoms with E-state index in [-0.39, 0.29) is 0 Å². The van der Waals surface area contributed by atoms with Crippen molar-refractivity contribution in [2.45, 2.75) is 38.6 Å². The van der Waals surface area contributed by atoms with E-state index in [4.69, 9.17) is 0 Å². The molecule has 0 radical (unpaired) electrons. The molecule has 2 aliphatic rings. The highest BCUT2D eigenvalue weighted by Crippen LogP contribution is 2.14. The third-order valence-electron chi connectivity index (χ3n) is 4.36. The second-order valence-corrected chi connectivity index (χ2v) is 6.02. The largest absolute Gasteiger partial charge is 0.315 e. The number of nitrogens with zero attached hydrogens (tertiary/aromatic N) is 2. The average molecular weight is 239 g/mol. The minimum Gasteiger partial charge on any atom is -0.315 e. The topological polar surface area (TPSA) is 18.5 Å². The fraction of sp³-hybridized carbons (Fsp3) is 1.00. The molecule has 2 rings (SSSR count). The van der Waals surface area contributed by atoms with Crippen molar-refractivity contribution in [1.82, 2.24) is 15.1 Å². The highest BCUT2D eigenvalue weighted by molar-refractivity contribution is 4.77. The van der Waals surface area contributed by atoms with E-state index in [9.17, 15) is 0 Å². The summed E-state index contributed by atoms with van der Waals surface area (Å²) in [5, 5.41) is 3.68. The molecule has 0 spiro atoms. The van der Waals surface area contributed by atoms with Crippen molar-refractivity contribution in [1.29, 1.82) is 0 Å². The van der Waals surface area contributed by atoms with Crippen LogP contribution in [0.4, 0.5) is 0 Å². The number of hydrogen-bond acceptors (Lipinski definition) is 3. The number of likely N-dealkylation sites (tertiary alicyclic amines) is 2. The Morgan fingerprint density at radius 2 is 1.94 bits per heavy atom. The molecule has 0 bridgehead atoms. The third-order valence-corrected chi connectivity index (χ3v) is 4.36. The van der Waals surface area contributed by atoms with Gasteiger partial charge in [-0.05, 0) is 71.8 Å². The lowest BCUT2D eigenvalue weighted by Gasteiger charge is -2.31. The third kappa shape index (κ3) is 4.23. The molecule has 2 fully saturated rings. The van der Waals surface area contributed by atoms with Crippen LogP contribution >= 0.6 is 0 Å². The van der Waals surface area contributed by atoms with Gasteiger partial charge in [0.15, 0.2) is 0 Å². The van der Waals surface area contributed by atoms with Crippen LogP contribution in [0, 0.1) is 5.92 Å². The van der Waals surface area contributed by atoms with E-state index in [0.29, 0.717) is 0 Å². The molecular weight excluding hydrogens is 210 g/mol. The van der Waals surface area contributed by atoms with Gasteiger partial charge in [-0.1, -0.05) is 0 Å². The van der Waals surface area contributed by atoms with Gasteiger partial charge < -0.3 is 10.2 Å². The standard InChI is InChI=1S/C14H29N3/c1-13(17-8-3-4-9-17)10-15-11-14-6-5-7-16(2)12-14/h13-15H,3-12H2,1-2H3. The molecule has 0 aliphatic carbocycles. The fourth-order valence-corrected chi connectivity index (χ4v) is 3.25. The van der Waals surface area contributed by atoms with E-state index in [1.807, 2.05) is 0 Å². The molecule has 1 N–H and O–H groups in total. The molecule has 2 saturated heterocycles. The monoisotopic (exact) mass is 239 g/mol. The van der Waals surface area contributed by atoms with Gasteiger partial charge in [0.25, 0.3) is 0 Å². The molecule has 3 nitrogen and oxygen atoms in total. The second-order valence-electron chi connectivity index (χ2n) is 6.02. The number of piperidine rings is 1. The zero-order chi connectivity index (χ0) is 12.1. The lowest BCUT2D eigenvalue weighted by atomic mass is 9.98. The van der Waals surface area contributed by atoms with E-state index in [1.165, 1.54) is 65.0 Å². The van der Waals surface area contributed by atoms with E-state index >= 15 is 0 Å². The Hall–Kier alpha value is -0.120. The normalized spacial score (nSPS) is 29.6. The fourth-order valence-electron chi connectivity index (χ4n) is 3.25. The van der Waals surface area contributed by atoms with Crippen molar-refractivity contribution in [2.75, 3.05) is 46.3 Å². The van der Waals surface area contributed by atoms with Gasteiger partial charge in [0.05, 0.1) is 0 Å². The first-order valence-electron chi connectivity index (χ1n) is 7.39. The van der Waals surface area contributed by atoms with Gasteiger partial charge in [-0.2, -0.15) is 0 Å². The molecule has 0 aromatic heterocycles. The van der Waals surface area contributed by atoms with Gasteiger partial charge >= 0.3 is 0 Å². The van der Waals surface area contributed by atoms with Crippen LogP contribution in [-0.2, 0) is 0 Å². The molecule has 2 aliphatic heterocycles.